The first-order valence-corrected chi connectivity index (χ1v) is 15.1. The SMILES string of the molecule is Cc1ccc(-n2nc(C(C)(C)C)cc2NC(=O)Nc2ccc(Oc3ccnc([N+]4(C(N)=O)CCOCC4)n3)c3ccccc23)cc1. The van der Waals surface area contributed by atoms with E-state index in [4.69, 9.17) is 20.3 Å². The molecule has 4 N–H and O–H groups in total. The Morgan fingerprint density at radius 3 is 2.37 bits per heavy atom. The third-order valence-corrected chi connectivity index (χ3v) is 8.00. The second-order valence-electron chi connectivity index (χ2n) is 12.3. The Morgan fingerprint density at radius 1 is 0.957 bits per heavy atom. The molecule has 3 aromatic carbocycles. The number of aryl methyl sites for hydroxylation is 1. The molecule has 3 heterocycles. The second-order valence-corrected chi connectivity index (χ2v) is 12.3. The Hall–Kier alpha value is -5.33. The van der Waals surface area contributed by atoms with Crippen molar-refractivity contribution in [2.75, 3.05) is 36.9 Å². The van der Waals surface area contributed by atoms with Crippen LogP contribution in [0.3, 0.4) is 0 Å². The number of primary amides is 1. The van der Waals surface area contributed by atoms with Crippen LogP contribution in [0, 0.1) is 6.92 Å². The van der Waals surface area contributed by atoms with Crippen molar-refractivity contribution in [2.45, 2.75) is 33.1 Å². The maximum absolute atomic E-state index is 13.4. The Bertz CT molecular complexity index is 1910. The van der Waals surface area contributed by atoms with Gasteiger partial charge in [0.1, 0.15) is 24.7 Å². The second kappa shape index (κ2) is 12.2. The third-order valence-electron chi connectivity index (χ3n) is 8.00. The quantitative estimate of drug-likeness (QED) is 0.189. The number of fused-ring (bicyclic) bond motifs is 1. The number of aromatic nitrogens is 4. The van der Waals surface area contributed by atoms with Gasteiger partial charge in [-0.1, -0.05) is 62.7 Å². The van der Waals surface area contributed by atoms with Crippen LogP contribution in [0.2, 0.25) is 0 Å². The molecule has 46 heavy (non-hydrogen) atoms. The van der Waals surface area contributed by atoms with E-state index in [0.717, 1.165) is 27.7 Å². The van der Waals surface area contributed by atoms with E-state index in [9.17, 15) is 9.59 Å². The summed E-state index contributed by atoms with van der Waals surface area (Å²) in [4.78, 5) is 34.8. The number of hydrogen-bond donors (Lipinski definition) is 3. The molecule has 12 nitrogen and oxygen atoms in total. The van der Waals surface area contributed by atoms with Crippen LogP contribution in [0.25, 0.3) is 16.5 Å². The number of benzene rings is 3. The molecule has 236 valence electrons. The van der Waals surface area contributed by atoms with Gasteiger partial charge in [0.15, 0.2) is 0 Å². The van der Waals surface area contributed by atoms with Crippen LogP contribution in [-0.4, -0.2) is 58.1 Å². The number of morpholine rings is 1. The molecule has 0 bridgehead atoms. The van der Waals surface area contributed by atoms with Crippen molar-refractivity contribution < 1.29 is 19.1 Å². The van der Waals surface area contributed by atoms with E-state index in [1.807, 2.05) is 61.5 Å². The average molecular weight is 622 g/mol. The Balaban J connectivity index is 1.26. The molecule has 0 unspecified atom stereocenters. The first-order chi connectivity index (χ1) is 22.0. The summed E-state index contributed by atoms with van der Waals surface area (Å²) in [5, 5.41) is 12.3. The van der Waals surface area contributed by atoms with Gasteiger partial charge in [0.05, 0.1) is 30.3 Å². The number of anilines is 2. The summed E-state index contributed by atoms with van der Waals surface area (Å²) in [5.74, 6) is 1.59. The zero-order valence-electron chi connectivity index (χ0n) is 26.3. The number of carbonyl (C=O) groups is 2. The minimum atomic E-state index is -0.545. The van der Waals surface area contributed by atoms with Gasteiger partial charge in [-0.2, -0.15) is 14.6 Å². The number of nitrogens with two attached hydrogens (primary N) is 1. The molecule has 0 radical (unpaired) electrons. The van der Waals surface area contributed by atoms with Crippen molar-refractivity contribution in [3.8, 4) is 17.3 Å². The van der Waals surface area contributed by atoms with Gasteiger partial charge in [0.2, 0.25) is 5.88 Å². The first-order valence-electron chi connectivity index (χ1n) is 15.1. The van der Waals surface area contributed by atoms with Crippen LogP contribution in [0.15, 0.2) is 79.0 Å². The lowest BCUT2D eigenvalue weighted by molar-refractivity contribution is 0.0545. The van der Waals surface area contributed by atoms with E-state index in [-0.39, 0.29) is 21.7 Å². The number of nitrogens with zero attached hydrogens (tertiary/aromatic N) is 5. The standard InChI is InChI=1S/C34H36N8O4/c1-22-9-11-23(12-10-22)41-29(21-28(40-41)34(2,3)4)38-33(44)37-26-13-14-27(25-8-6-5-7-24(25)26)46-30-15-16-36-32(39-30)42(31(35)43)17-19-45-20-18-42/h5-16,21H,17-20H2,1-4H3,(H3-,35,37,38,40,43,44)/p+1. The molecular weight excluding hydrogens is 584 g/mol. The molecule has 2 aromatic heterocycles. The van der Waals surface area contributed by atoms with E-state index in [2.05, 4.69) is 41.4 Å². The molecule has 6 rings (SSSR count). The molecule has 1 aliphatic heterocycles. The molecule has 1 saturated heterocycles. The van der Waals surface area contributed by atoms with Gasteiger partial charge in [-0.25, -0.2) is 14.3 Å². The predicted octanol–water partition coefficient (Wildman–Crippen LogP) is 6.27. The van der Waals surface area contributed by atoms with E-state index in [1.165, 1.54) is 0 Å². The van der Waals surface area contributed by atoms with Crippen molar-refractivity contribution in [3.63, 3.8) is 0 Å². The van der Waals surface area contributed by atoms with Gasteiger partial charge in [-0.3, -0.25) is 5.32 Å². The van der Waals surface area contributed by atoms with Crippen molar-refractivity contribution in [1.82, 2.24) is 24.2 Å². The Labute approximate surface area is 266 Å². The van der Waals surface area contributed by atoms with Gasteiger partial charge >= 0.3 is 18.0 Å². The number of hydrogen-bond acceptors (Lipinski definition) is 7. The number of amides is 4. The van der Waals surface area contributed by atoms with Gasteiger partial charge in [0.25, 0.3) is 0 Å². The highest BCUT2D eigenvalue weighted by molar-refractivity contribution is 6.07. The first kappa shape index (κ1) is 30.7. The maximum atomic E-state index is 13.4. The zero-order chi connectivity index (χ0) is 32.5. The number of urea groups is 2. The van der Waals surface area contributed by atoms with Crippen molar-refractivity contribution in [2.24, 2.45) is 5.73 Å². The zero-order valence-corrected chi connectivity index (χ0v) is 26.3. The number of quaternary nitrogens is 1. The highest BCUT2D eigenvalue weighted by Crippen LogP contribution is 2.35. The fraction of sp³-hybridized carbons (Fsp3) is 0.265. The lowest BCUT2D eigenvalue weighted by atomic mass is 9.92. The van der Waals surface area contributed by atoms with Gasteiger partial charge in [0, 0.05) is 34.5 Å². The molecule has 0 saturated carbocycles. The smallest absolute Gasteiger partial charge is 0.421 e. The van der Waals surface area contributed by atoms with Crippen LogP contribution >= 0.6 is 0 Å². The molecular formula is C34H37N8O4+. The van der Waals surface area contributed by atoms with E-state index >= 15 is 0 Å². The minimum absolute atomic E-state index is 0.212. The van der Waals surface area contributed by atoms with Crippen LogP contribution in [0.4, 0.5) is 27.0 Å². The molecule has 4 amide bonds. The molecule has 1 aliphatic rings. The normalized spacial score (nSPS) is 14.5. The summed E-state index contributed by atoms with van der Waals surface area (Å²) in [7, 11) is 0. The number of nitrogens with one attached hydrogen (secondary N) is 2. The van der Waals surface area contributed by atoms with Crippen molar-refractivity contribution in [3.05, 3.63) is 90.3 Å². The lowest BCUT2D eigenvalue weighted by Gasteiger charge is -2.33. The lowest BCUT2D eigenvalue weighted by Crippen LogP contribution is -2.63. The Morgan fingerprint density at radius 2 is 1.67 bits per heavy atom. The topological polar surface area (TPSA) is 146 Å². The Kier molecular flexibility index (Phi) is 8.15. The monoisotopic (exact) mass is 621 g/mol. The number of rotatable bonds is 6. The summed E-state index contributed by atoms with van der Waals surface area (Å²) in [6, 6.07) is 21.6. The summed E-state index contributed by atoms with van der Waals surface area (Å²) >= 11 is 0. The van der Waals surface area contributed by atoms with Crippen LogP contribution in [0.5, 0.6) is 11.6 Å². The van der Waals surface area contributed by atoms with Crippen LogP contribution < -0.4 is 25.6 Å². The molecule has 5 aromatic rings. The average Bonchev–Trinajstić information content (AvgIpc) is 3.47. The highest BCUT2D eigenvalue weighted by atomic mass is 16.5. The van der Waals surface area contributed by atoms with E-state index < -0.39 is 12.1 Å². The molecule has 0 aliphatic carbocycles. The fourth-order valence-electron chi connectivity index (χ4n) is 5.34. The largest absolute Gasteiger partial charge is 0.438 e. The number of ether oxygens (including phenoxy) is 2. The van der Waals surface area contributed by atoms with Crippen molar-refractivity contribution in [1.29, 1.82) is 0 Å². The summed E-state index contributed by atoms with van der Waals surface area (Å²) in [6.07, 6.45) is 1.55. The molecule has 0 spiro atoms. The van der Waals surface area contributed by atoms with Gasteiger partial charge in [-0.05, 0) is 31.2 Å². The molecule has 12 heteroatoms. The van der Waals surface area contributed by atoms with Crippen LogP contribution in [-0.2, 0) is 10.2 Å². The number of carbonyl (C=O) groups excluding carboxylic acids is 2. The predicted molar refractivity (Wildman–Crippen MR) is 178 cm³/mol. The summed E-state index contributed by atoms with van der Waals surface area (Å²) < 4.78 is 13.2. The summed E-state index contributed by atoms with van der Waals surface area (Å²) in [6.45, 7) is 9.69. The molecule has 0 atom stereocenters. The van der Waals surface area contributed by atoms with E-state index in [1.54, 1.807) is 29.1 Å². The maximum Gasteiger partial charge on any atom is 0.421 e. The van der Waals surface area contributed by atoms with Gasteiger partial charge in [-0.15, -0.1) is 4.98 Å². The fourth-order valence-corrected chi connectivity index (χ4v) is 5.34. The minimum Gasteiger partial charge on any atom is -0.438 e. The van der Waals surface area contributed by atoms with Crippen molar-refractivity contribution >= 4 is 40.3 Å². The summed E-state index contributed by atoms with van der Waals surface area (Å²) in [5.41, 5.74) is 8.98. The van der Waals surface area contributed by atoms with E-state index in [0.29, 0.717) is 43.6 Å². The van der Waals surface area contributed by atoms with Crippen LogP contribution in [0.1, 0.15) is 32.0 Å². The highest BCUT2D eigenvalue weighted by Gasteiger charge is 2.42. The molecule has 1 fully saturated rings. The van der Waals surface area contributed by atoms with Gasteiger partial charge < -0.3 is 20.5 Å². The third kappa shape index (κ3) is 6.12.